The first-order chi connectivity index (χ1) is 16.0. The summed E-state index contributed by atoms with van der Waals surface area (Å²) in [5.74, 6) is -1.01. The van der Waals surface area contributed by atoms with Gasteiger partial charge in [-0.15, -0.1) is 11.8 Å². The van der Waals surface area contributed by atoms with Crippen LogP contribution in [0.5, 0.6) is 0 Å². The van der Waals surface area contributed by atoms with Gasteiger partial charge in [-0.05, 0) is 50.4 Å². The molecule has 0 aliphatic rings. The number of thioether (sulfide) groups is 1. The van der Waals surface area contributed by atoms with Crippen molar-refractivity contribution in [3.8, 4) is 11.3 Å². The molecule has 4 aromatic rings. The molecule has 0 aliphatic heterocycles. The molecule has 4 rings (SSSR count). The van der Waals surface area contributed by atoms with Crippen molar-refractivity contribution in [2.24, 2.45) is 0 Å². The number of pyridine rings is 1. The number of carbonyl (C=O) groups excluding carboxylic acids is 2. The Morgan fingerprint density at radius 1 is 1.09 bits per heavy atom. The van der Waals surface area contributed by atoms with Crippen LogP contribution in [0.1, 0.15) is 30.2 Å². The molecular formula is C25H24N4O3S. The van der Waals surface area contributed by atoms with Crippen LogP contribution in [0, 0.1) is 0 Å². The number of nitrogens with zero attached hydrogens (tertiary/aromatic N) is 3. The Labute approximate surface area is 196 Å². The van der Waals surface area contributed by atoms with Crippen LogP contribution < -0.4 is 5.32 Å². The Balaban J connectivity index is 1.57. The van der Waals surface area contributed by atoms with Crippen LogP contribution in [0.4, 0.5) is 5.69 Å². The number of rotatable bonds is 7. The number of nitrogens with one attached hydrogen (secondary N) is 1. The zero-order valence-electron chi connectivity index (χ0n) is 18.6. The SMILES string of the molecule is CSc1ccc(NC(=O)COC(=O)c2cc(-c3ccccc3)nc3c2cnn3C(C)C)cc1. The van der Waals surface area contributed by atoms with E-state index in [0.29, 0.717) is 28.0 Å². The van der Waals surface area contributed by atoms with Gasteiger partial charge in [0.15, 0.2) is 12.3 Å². The van der Waals surface area contributed by atoms with E-state index in [0.717, 1.165) is 10.5 Å². The molecule has 0 spiro atoms. The van der Waals surface area contributed by atoms with Gasteiger partial charge in [-0.2, -0.15) is 5.10 Å². The largest absolute Gasteiger partial charge is 0.452 e. The molecule has 2 heterocycles. The van der Waals surface area contributed by atoms with Crippen LogP contribution in [0.2, 0.25) is 0 Å². The third-order valence-electron chi connectivity index (χ3n) is 5.05. The van der Waals surface area contributed by atoms with Crippen molar-refractivity contribution in [3.63, 3.8) is 0 Å². The number of hydrogen-bond donors (Lipinski definition) is 1. The van der Waals surface area contributed by atoms with Crippen molar-refractivity contribution in [1.29, 1.82) is 0 Å². The smallest absolute Gasteiger partial charge is 0.339 e. The van der Waals surface area contributed by atoms with Crippen molar-refractivity contribution < 1.29 is 14.3 Å². The van der Waals surface area contributed by atoms with Crippen LogP contribution in [0.15, 0.2) is 71.8 Å². The Morgan fingerprint density at radius 2 is 1.82 bits per heavy atom. The summed E-state index contributed by atoms with van der Waals surface area (Å²) >= 11 is 1.62. The standard InChI is InChI=1S/C25H24N4O3S/c1-16(2)29-24-21(14-26-29)20(13-22(28-24)17-7-5-4-6-8-17)25(31)32-15-23(30)27-18-9-11-19(33-3)12-10-18/h4-14,16H,15H2,1-3H3,(H,27,30). The number of aromatic nitrogens is 3. The fourth-order valence-corrected chi connectivity index (χ4v) is 3.81. The lowest BCUT2D eigenvalue weighted by Gasteiger charge is -2.11. The second kappa shape index (κ2) is 9.87. The van der Waals surface area contributed by atoms with Gasteiger partial charge in [0.05, 0.1) is 22.8 Å². The lowest BCUT2D eigenvalue weighted by molar-refractivity contribution is -0.119. The minimum atomic E-state index is -0.601. The summed E-state index contributed by atoms with van der Waals surface area (Å²) in [5, 5.41) is 7.73. The van der Waals surface area contributed by atoms with Gasteiger partial charge in [-0.25, -0.2) is 14.5 Å². The predicted octanol–water partition coefficient (Wildman–Crippen LogP) is 5.20. The minimum Gasteiger partial charge on any atom is -0.452 e. The van der Waals surface area contributed by atoms with Crippen LogP contribution in [0.25, 0.3) is 22.3 Å². The summed E-state index contributed by atoms with van der Waals surface area (Å²) in [5.41, 5.74) is 3.07. The van der Waals surface area contributed by atoms with E-state index in [1.54, 1.807) is 28.7 Å². The lowest BCUT2D eigenvalue weighted by atomic mass is 10.1. The topological polar surface area (TPSA) is 86.1 Å². The summed E-state index contributed by atoms with van der Waals surface area (Å²) in [4.78, 5) is 31.2. The maximum Gasteiger partial charge on any atom is 0.339 e. The van der Waals surface area contributed by atoms with Gasteiger partial charge in [-0.1, -0.05) is 30.3 Å². The van der Waals surface area contributed by atoms with E-state index in [4.69, 9.17) is 9.72 Å². The molecule has 33 heavy (non-hydrogen) atoms. The average Bonchev–Trinajstić information content (AvgIpc) is 3.27. The molecule has 168 valence electrons. The summed E-state index contributed by atoms with van der Waals surface area (Å²) < 4.78 is 7.12. The number of fused-ring (bicyclic) bond motifs is 1. The second-order valence-electron chi connectivity index (χ2n) is 7.69. The highest BCUT2D eigenvalue weighted by molar-refractivity contribution is 7.98. The molecular weight excluding hydrogens is 436 g/mol. The Kier molecular flexibility index (Phi) is 6.74. The molecule has 7 nitrogen and oxygen atoms in total. The highest BCUT2D eigenvalue weighted by Gasteiger charge is 2.20. The van der Waals surface area contributed by atoms with E-state index in [1.165, 1.54) is 0 Å². The van der Waals surface area contributed by atoms with E-state index in [2.05, 4.69) is 10.4 Å². The van der Waals surface area contributed by atoms with Crippen LogP contribution in [0.3, 0.4) is 0 Å². The van der Waals surface area contributed by atoms with E-state index in [1.807, 2.05) is 74.7 Å². The molecule has 2 aromatic heterocycles. The lowest BCUT2D eigenvalue weighted by Crippen LogP contribution is -2.21. The number of carbonyl (C=O) groups is 2. The molecule has 1 amide bonds. The normalized spacial score (nSPS) is 11.0. The maximum atomic E-state index is 13.0. The molecule has 8 heteroatoms. The number of esters is 1. The third kappa shape index (κ3) is 5.06. The monoisotopic (exact) mass is 460 g/mol. The highest BCUT2D eigenvalue weighted by atomic mass is 32.2. The highest BCUT2D eigenvalue weighted by Crippen LogP contribution is 2.27. The van der Waals surface area contributed by atoms with Crippen molar-refractivity contribution in [1.82, 2.24) is 14.8 Å². The van der Waals surface area contributed by atoms with E-state index >= 15 is 0 Å². The van der Waals surface area contributed by atoms with Crippen molar-refractivity contribution >= 4 is 40.4 Å². The van der Waals surface area contributed by atoms with Gasteiger partial charge in [0.1, 0.15) is 0 Å². The van der Waals surface area contributed by atoms with Gasteiger partial charge in [0, 0.05) is 22.2 Å². The van der Waals surface area contributed by atoms with E-state index in [9.17, 15) is 9.59 Å². The summed E-state index contributed by atoms with van der Waals surface area (Å²) in [6, 6.07) is 18.8. The molecule has 0 unspecified atom stereocenters. The van der Waals surface area contributed by atoms with Gasteiger partial charge < -0.3 is 10.1 Å². The van der Waals surface area contributed by atoms with Crippen molar-refractivity contribution in [2.75, 3.05) is 18.2 Å². The number of benzene rings is 2. The summed E-state index contributed by atoms with van der Waals surface area (Å²) in [7, 11) is 0. The maximum absolute atomic E-state index is 13.0. The van der Waals surface area contributed by atoms with E-state index < -0.39 is 18.5 Å². The molecule has 0 fully saturated rings. The molecule has 1 N–H and O–H groups in total. The number of hydrogen-bond acceptors (Lipinski definition) is 6. The Morgan fingerprint density at radius 3 is 2.48 bits per heavy atom. The van der Waals surface area contributed by atoms with E-state index in [-0.39, 0.29) is 6.04 Å². The molecule has 2 aromatic carbocycles. The zero-order chi connectivity index (χ0) is 23.4. The fourth-order valence-electron chi connectivity index (χ4n) is 3.40. The predicted molar refractivity (Wildman–Crippen MR) is 130 cm³/mol. The fraction of sp³-hybridized carbons (Fsp3) is 0.200. The summed E-state index contributed by atoms with van der Waals surface area (Å²) in [6.45, 7) is 3.60. The molecule has 0 saturated heterocycles. The van der Waals surface area contributed by atoms with Gasteiger partial charge in [0.2, 0.25) is 0 Å². The number of amides is 1. The second-order valence-corrected chi connectivity index (χ2v) is 8.57. The van der Waals surface area contributed by atoms with Crippen molar-refractivity contribution in [3.05, 3.63) is 72.4 Å². The average molecular weight is 461 g/mol. The Hall–Kier alpha value is -3.65. The molecule has 0 aliphatic carbocycles. The van der Waals surface area contributed by atoms with Gasteiger partial charge in [-0.3, -0.25) is 4.79 Å². The quantitative estimate of drug-likeness (QED) is 0.301. The Bertz CT molecular complexity index is 1280. The first kappa shape index (κ1) is 22.5. The van der Waals surface area contributed by atoms with Gasteiger partial charge in [0.25, 0.3) is 5.91 Å². The molecule has 0 radical (unpaired) electrons. The third-order valence-corrected chi connectivity index (χ3v) is 5.80. The zero-order valence-corrected chi connectivity index (χ0v) is 19.4. The molecule has 0 saturated carbocycles. The van der Waals surface area contributed by atoms with Crippen LogP contribution in [-0.2, 0) is 9.53 Å². The molecule has 0 atom stereocenters. The molecule has 0 bridgehead atoms. The number of ether oxygens (including phenoxy) is 1. The van der Waals surface area contributed by atoms with Crippen LogP contribution in [-0.4, -0.2) is 39.5 Å². The number of anilines is 1. The summed E-state index contributed by atoms with van der Waals surface area (Å²) in [6.07, 6.45) is 3.60. The first-order valence-electron chi connectivity index (χ1n) is 10.5. The van der Waals surface area contributed by atoms with Crippen LogP contribution >= 0.6 is 11.8 Å². The van der Waals surface area contributed by atoms with Crippen molar-refractivity contribution in [2.45, 2.75) is 24.8 Å². The van der Waals surface area contributed by atoms with Gasteiger partial charge >= 0.3 is 5.97 Å². The minimum absolute atomic E-state index is 0.0631. The first-order valence-corrected chi connectivity index (χ1v) is 11.7.